The first-order valence-corrected chi connectivity index (χ1v) is 7.08. The van der Waals surface area contributed by atoms with Gasteiger partial charge in [0.1, 0.15) is 0 Å². The van der Waals surface area contributed by atoms with E-state index in [9.17, 15) is 0 Å². The maximum absolute atomic E-state index is 4.43. The summed E-state index contributed by atoms with van der Waals surface area (Å²) in [5.74, 6) is 0.792. The number of aryl methyl sites for hydroxylation is 1. The van der Waals surface area contributed by atoms with Gasteiger partial charge in [-0.2, -0.15) is 4.80 Å². The molecule has 3 atom stereocenters. The highest BCUT2D eigenvalue weighted by atomic mass is 15.6. The third-order valence-electron chi connectivity index (χ3n) is 4.20. The van der Waals surface area contributed by atoms with E-state index in [0.717, 1.165) is 18.9 Å². The molecule has 2 aromatic rings. The number of piperidine rings is 1. The molecule has 3 aliphatic heterocycles. The van der Waals surface area contributed by atoms with Crippen molar-refractivity contribution >= 4 is 0 Å². The molecule has 1 aromatic carbocycles. The van der Waals surface area contributed by atoms with E-state index >= 15 is 0 Å². The minimum atomic E-state index is 0.109. The van der Waals surface area contributed by atoms with Crippen molar-refractivity contribution in [3.05, 3.63) is 41.7 Å². The molecule has 3 fully saturated rings. The standard InChI is InChI=1S/C14H18N6/c1-19-17-14(16-18-19)13(10-5-3-2-4-6-10)20-8-11-7-12(9-20)15-11/h2-6,11-13,15H,7-9H2,1H3. The molecule has 1 aromatic heterocycles. The molecule has 104 valence electrons. The molecule has 6 nitrogen and oxygen atoms in total. The lowest BCUT2D eigenvalue weighted by Crippen LogP contribution is -2.67. The number of piperazine rings is 1. The lowest BCUT2D eigenvalue weighted by molar-refractivity contribution is 0.0543. The van der Waals surface area contributed by atoms with Crippen LogP contribution in [0.15, 0.2) is 30.3 Å². The van der Waals surface area contributed by atoms with Gasteiger partial charge in [0.25, 0.3) is 0 Å². The summed E-state index contributed by atoms with van der Waals surface area (Å²) >= 11 is 0. The fraction of sp³-hybridized carbons (Fsp3) is 0.500. The van der Waals surface area contributed by atoms with Gasteiger partial charge in [-0.05, 0) is 17.2 Å². The SMILES string of the molecule is Cn1nnc(C(c2ccccc2)N2CC3CC(C2)N3)n1. The number of tetrazole rings is 1. The molecule has 0 amide bonds. The summed E-state index contributed by atoms with van der Waals surface area (Å²) in [6, 6.07) is 11.8. The predicted molar refractivity (Wildman–Crippen MR) is 74.0 cm³/mol. The number of aromatic nitrogens is 4. The Morgan fingerprint density at radius 3 is 2.50 bits per heavy atom. The number of hydrogen-bond donors (Lipinski definition) is 1. The summed E-state index contributed by atoms with van der Waals surface area (Å²) in [4.78, 5) is 4.01. The zero-order valence-electron chi connectivity index (χ0n) is 11.5. The fourth-order valence-corrected chi connectivity index (χ4v) is 3.33. The van der Waals surface area contributed by atoms with Gasteiger partial charge in [0.2, 0.25) is 0 Å². The van der Waals surface area contributed by atoms with Gasteiger partial charge in [-0.25, -0.2) is 0 Å². The van der Waals surface area contributed by atoms with E-state index in [0.29, 0.717) is 12.1 Å². The van der Waals surface area contributed by atoms with Crippen molar-refractivity contribution in [2.45, 2.75) is 24.5 Å². The van der Waals surface area contributed by atoms with Crippen molar-refractivity contribution in [2.75, 3.05) is 13.1 Å². The van der Waals surface area contributed by atoms with E-state index in [1.54, 1.807) is 0 Å². The summed E-state index contributed by atoms with van der Waals surface area (Å²) in [5, 5.41) is 16.3. The van der Waals surface area contributed by atoms with E-state index in [2.05, 4.69) is 49.9 Å². The lowest BCUT2D eigenvalue weighted by atomic mass is 9.89. The predicted octanol–water partition coefficient (Wildman–Crippen LogP) is 0.346. The zero-order chi connectivity index (χ0) is 13.5. The van der Waals surface area contributed by atoms with Crippen LogP contribution in [-0.2, 0) is 7.05 Å². The van der Waals surface area contributed by atoms with Crippen LogP contribution in [-0.4, -0.2) is 50.3 Å². The summed E-state index contributed by atoms with van der Waals surface area (Å²) in [6.07, 6.45) is 1.30. The molecule has 6 heteroatoms. The Hall–Kier alpha value is -1.79. The first-order valence-electron chi connectivity index (χ1n) is 7.08. The van der Waals surface area contributed by atoms with Crippen LogP contribution in [0.2, 0.25) is 0 Å². The van der Waals surface area contributed by atoms with Crippen molar-refractivity contribution < 1.29 is 0 Å². The topological polar surface area (TPSA) is 58.9 Å². The van der Waals surface area contributed by atoms with E-state index in [-0.39, 0.29) is 6.04 Å². The normalized spacial score (nSPS) is 27.1. The Morgan fingerprint density at radius 2 is 1.90 bits per heavy atom. The quantitative estimate of drug-likeness (QED) is 0.872. The first kappa shape index (κ1) is 12.0. The van der Waals surface area contributed by atoms with Gasteiger partial charge >= 0.3 is 0 Å². The molecule has 3 aliphatic rings. The Bertz CT molecular complexity index is 579. The number of nitrogens with one attached hydrogen (secondary N) is 1. The Balaban J connectivity index is 1.69. The van der Waals surface area contributed by atoms with Crippen LogP contribution >= 0.6 is 0 Å². The summed E-state index contributed by atoms with van der Waals surface area (Å²) in [6.45, 7) is 2.10. The molecule has 0 radical (unpaired) electrons. The number of hydrogen-bond acceptors (Lipinski definition) is 5. The molecule has 1 N–H and O–H groups in total. The second kappa shape index (κ2) is 4.64. The monoisotopic (exact) mass is 270 g/mol. The highest BCUT2D eigenvalue weighted by molar-refractivity contribution is 5.25. The molecule has 3 saturated heterocycles. The Labute approximate surface area is 117 Å². The number of rotatable bonds is 3. The Kier molecular flexibility index (Phi) is 2.78. The molecule has 0 spiro atoms. The zero-order valence-corrected chi connectivity index (χ0v) is 11.5. The smallest absolute Gasteiger partial charge is 0.196 e. The summed E-state index contributed by atoms with van der Waals surface area (Å²) in [5.41, 5.74) is 1.24. The van der Waals surface area contributed by atoms with Gasteiger partial charge in [-0.15, -0.1) is 10.2 Å². The lowest BCUT2D eigenvalue weighted by Gasteiger charge is -2.50. The summed E-state index contributed by atoms with van der Waals surface area (Å²) in [7, 11) is 1.81. The molecule has 0 aliphatic carbocycles. The van der Waals surface area contributed by atoms with E-state index in [1.165, 1.54) is 16.8 Å². The maximum Gasteiger partial charge on any atom is 0.196 e. The van der Waals surface area contributed by atoms with Gasteiger partial charge in [0.15, 0.2) is 5.82 Å². The van der Waals surface area contributed by atoms with Crippen LogP contribution < -0.4 is 5.32 Å². The van der Waals surface area contributed by atoms with E-state index in [4.69, 9.17) is 0 Å². The van der Waals surface area contributed by atoms with Gasteiger partial charge in [-0.3, -0.25) is 4.90 Å². The molecular formula is C14H18N6. The second-order valence-electron chi connectivity index (χ2n) is 5.70. The maximum atomic E-state index is 4.43. The number of fused-ring (bicyclic) bond motifs is 2. The number of benzene rings is 1. The largest absolute Gasteiger partial charge is 0.309 e. The van der Waals surface area contributed by atoms with Crippen LogP contribution in [0.3, 0.4) is 0 Å². The molecule has 4 heterocycles. The van der Waals surface area contributed by atoms with Crippen LogP contribution in [0.1, 0.15) is 23.9 Å². The van der Waals surface area contributed by atoms with Crippen molar-refractivity contribution in [2.24, 2.45) is 7.05 Å². The molecule has 20 heavy (non-hydrogen) atoms. The third-order valence-corrected chi connectivity index (χ3v) is 4.20. The van der Waals surface area contributed by atoms with Crippen molar-refractivity contribution in [1.29, 1.82) is 0 Å². The Morgan fingerprint density at radius 1 is 1.20 bits per heavy atom. The van der Waals surface area contributed by atoms with Crippen molar-refractivity contribution in [1.82, 2.24) is 30.4 Å². The number of nitrogens with zero attached hydrogens (tertiary/aromatic N) is 5. The van der Waals surface area contributed by atoms with Gasteiger partial charge in [-0.1, -0.05) is 30.3 Å². The highest BCUT2D eigenvalue weighted by Gasteiger charge is 2.40. The van der Waals surface area contributed by atoms with Crippen molar-refractivity contribution in [3.63, 3.8) is 0 Å². The van der Waals surface area contributed by atoms with E-state index < -0.39 is 0 Å². The average molecular weight is 270 g/mol. The van der Waals surface area contributed by atoms with Crippen LogP contribution in [0.5, 0.6) is 0 Å². The fourth-order valence-electron chi connectivity index (χ4n) is 3.33. The summed E-state index contributed by atoms with van der Waals surface area (Å²) < 4.78 is 0. The highest BCUT2D eigenvalue weighted by Crippen LogP contribution is 2.31. The molecule has 2 bridgehead atoms. The molecular weight excluding hydrogens is 252 g/mol. The van der Waals surface area contributed by atoms with Gasteiger partial charge < -0.3 is 5.32 Å². The van der Waals surface area contributed by atoms with Crippen molar-refractivity contribution in [3.8, 4) is 0 Å². The van der Waals surface area contributed by atoms with Gasteiger partial charge in [0.05, 0.1) is 13.1 Å². The van der Waals surface area contributed by atoms with Crippen LogP contribution in [0.4, 0.5) is 0 Å². The second-order valence-corrected chi connectivity index (χ2v) is 5.70. The average Bonchev–Trinajstić information content (AvgIpc) is 2.86. The van der Waals surface area contributed by atoms with Crippen LogP contribution in [0, 0.1) is 0 Å². The van der Waals surface area contributed by atoms with E-state index in [1.807, 2.05) is 13.1 Å². The minimum Gasteiger partial charge on any atom is -0.309 e. The van der Waals surface area contributed by atoms with Crippen LogP contribution in [0.25, 0.3) is 0 Å². The molecule has 5 rings (SSSR count). The van der Waals surface area contributed by atoms with Gasteiger partial charge in [0, 0.05) is 25.2 Å². The molecule has 3 unspecified atom stereocenters. The molecule has 0 saturated carbocycles. The minimum absolute atomic E-state index is 0.109. The first-order chi connectivity index (χ1) is 9.79. The third kappa shape index (κ3) is 2.01.